The lowest BCUT2D eigenvalue weighted by Crippen LogP contribution is -2.32. The molecule has 0 aliphatic heterocycles. The zero-order valence-electron chi connectivity index (χ0n) is 14.8. The molecule has 0 fully saturated rings. The maximum absolute atomic E-state index is 11.8. The van der Waals surface area contributed by atoms with E-state index >= 15 is 0 Å². The summed E-state index contributed by atoms with van der Waals surface area (Å²) in [7, 11) is 1.58. The van der Waals surface area contributed by atoms with Crippen LogP contribution >= 0.6 is 11.6 Å². The van der Waals surface area contributed by atoms with E-state index in [0.29, 0.717) is 36.2 Å². The smallest absolute Gasteiger partial charge is 0.277 e. The Bertz CT molecular complexity index is 750. The largest absolute Gasteiger partial charge is 0.493 e. The molecule has 26 heavy (non-hydrogen) atoms. The fourth-order valence-corrected chi connectivity index (χ4v) is 2.36. The Labute approximate surface area is 156 Å². The van der Waals surface area contributed by atoms with Crippen LogP contribution in [0.4, 0.5) is 5.82 Å². The third kappa shape index (κ3) is 5.24. The van der Waals surface area contributed by atoms with Gasteiger partial charge in [0.05, 0.1) is 13.2 Å². The molecule has 1 aromatic heterocycles. The zero-order valence-corrected chi connectivity index (χ0v) is 15.6. The molecule has 0 aliphatic carbocycles. The van der Waals surface area contributed by atoms with Crippen molar-refractivity contribution in [3.63, 3.8) is 0 Å². The minimum Gasteiger partial charge on any atom is -0.493 e. The van der Waals surface area contributed by atoms with Crippen LogP contribution in [-0.4, -0.2) is 42.5 Å². The summed E-state index contributed by atoms with van der Waals surface area (Å²) in [5, 5.41) is 13.2. The van der Waals surface area contributed by atoms with Crippen molar-refractivity contribution in [1.29, 1.82) is 0 Å². The average molecular weight is 384 g/mol. The zero-order chi connectivity index (χ0) is 19.1. The van der Waals surface area contributed by atoms with Gasteiger partial charge in [0.25, 0.3) is 5.91 Å². The predicted octanol–water partition coefficient (Wildman–Crippen LogP) is 1.62. The number of hydrogen-bond acceptors (Lipinski definition) is 8. The van der Waals surface area contributed by atoms with Crippen LogP contribution in [0, 0.1) is 0 Å². The normalized spacial score (nSPS) is 10.8. The van der Waals surface area contributed by atoms with Gasteiger partial charge in [-0.25, -0.2) is 4.63 Å². The van der Waals surface area contributed by atoms with Gasteiger partial charge in [-0.3, -0.25) is 4.79 Å². The maximum atomic E-state index is 11.8. The van der Waals surface area contributed by atoms with Gasteiger partial charge >= 0.3 is 0 Å². The summed E-state index contributed by atoms with van der Waals surface area (Å²) in [5.74, 6) is 0.725. The van der Waals surface area contributed by atoms with Crippen LogP contribution < -0.4 is 25.8 Å². The number of amides is 1. The number of nitrogens with two attached hydrogens (primary N) is 1. The van der Waals surface area contributed by atoms with Crippen molar-refractivity contribution in [3.8, 4) is 11.5 Å². The summed E-state index contributed by atoms with van der Waals surface area (Å²) in [6.45, 7) is 5.24. The Morgan fingerprint density at radius 1 is 1.31 bits per heavy atom. The average Bonchev–Trinajstić information content (AvgIpc) is 3.01. The Morgan fingerprint density at radius 3 is 2.69 bits per heavy atom. The highest BCUT2D eigenvalue weighted by Gasteiger charge is 2.15. The number of carbonyl (C=O) groups is 1. The van der Waals surface area contributed by atoms with E-state index in [2.05, 4.69) is 25.6 Å². The Balaban J connectivity index is 1.84. The number of ether oxygens (including phenoxy) is 2. The number of rotatable bonds is 9. The van der Waals surface area contributed by atoms with E-state index in [4.69, 9.17) is 26.8 Å². The lowest BCUT2D eigenvalue weighted by molar-refractivity contribution is 0.0944. The quantitative estimate of drug-likeness (QED) is 0.558. The molecule has 142 valence electrons. The molecular weight excluding hydrogens is 362 g/mol. The second-order valence-corrected chi connectivity index (χ2v) is 6.10. The predicted molar refractivity (Wildman–Crippen MR) is 96.5 cm³/mol. The number of carbonyl (C=O) groups excluding carboxylic acids is 1. The molecule has 0 unspecified atom stereocenters. The van der Waals surface area contributed by atoms with Crippen molar-refractivity contribution < 1.29 is 18.9 Å². The first-order valence-corrected chi connectivity index (χ1v) is 8.40. The number of halogens is 1. The third-order valence-electron chi connectivity index (χ3n) is 3.33. The van der Waals surface area contributed by atoms with Crippen molar-refractivity contribution >= 4 is 23.3 Å². The molecule has 0 radical (unpaired) electrons. The molecule has 9 nitrogen and oxygen atoms in total. The first-order chi connectivity index (χ1) is 12.4. The number of hydrogen-bond donors (Lipinski definition) is 3. The topological polar surface area (TPSA) is 125 Å². The Hall–Kier alpha value is -2.52. The lowest BCUT2D eigenvalue weighted by Gasteiger charge is -2.16. The van der Waals surface area contributed by atoms with Crippen molar-refractivity contribution in [2.45, 2.75) is 26.5 Å². The summed E-state index contributed by atoms with van der Waals surface area (Å²) in [4.78, 5) is 11.8. The molecule has 0 aliphatic rings. The number of aromatic nitrogens is 2. The molecule has 10 heteroatoms. The fourth-order valence-electron chi connectivity index (χ4n) is 2.14. The summed E-state index contributed by atoms with van der Waals surface area (Å²) in [6, 6.07) is 3.56. The minimum atomic E-state index is -0.444. The number of nitrogens with zero attached hydrogens (tertiary/aromatic N) is 2. The van der Waals surface area contributed by atoms with E-state index < -0.39 is 5.91 Å². The van der Waals surface area contributed by atoms with Gasteiger partial charge in [-0.1, -0.05) is 11.6 Å². The highest BCUT2D eigenvalue weighted by atomic mass is 35.5. The number of benzene rings is 1. The Morgan fingerprint density at radius 2 is 2.08 bits per heavy atom. The first-order valence-electron chi connectivity index (χ1n) is 8.02. The van der Waals surface area contributed by atoms with Gasteiger partial charge in [-0.15, -0.1) is 0 Å². The molecule has 2 rings (SSSR count). The molecule has 2 aromatic rings. The van der Waals surface area contributed by atoms with Crippen LogP contribution in [0.3, 0.4) is 0 Å². The van der Waals surface area contributed by atoms with Crippen molar-refractivity contribution in [1.82, 2.24) is 20.9 Å². The van der Waals surface area contributed by atoms with E-state index in [9.17, 15) is 4.79 Å². The van der Waals surface area contributed by atoms with Crippen molar-refractivity contribution in [2.24, 2.45) is 0 Å². The SMILES string of the molecule is COc1cc(CNCCNC(=O)c2nonc2N)c(Cl)cc1OC(C)C. The molecule has 0 saturated heterocycles. The molecule has 0 spiro atoms. The van der Waals surface area contributed by atoms with Crippen LogP contribution in [0.5, 0.6) is 11.5 Å². The molecule has 0 saturated carbocycles. The summed E-state index contributed by atoms with van der Waals surface area (Å²) >= 11 is 6.31. The number of nitrogens with one attached hydrogen (secondary N) is 2. The van der Waals surface area contributed by atoms with Gasteiger partial charge in [0.2, 0.25) is 11.5 Å². The fraction of sp³-hybridized carbons (Fsp3) is 0.438. The molecule has 4 N–H and O–H groups in total. The van der Waals surface area contributed by atoms with Gasteiger partial charge in [0, 0.05) is 30.7 Å². The van der Waals surface area contributed by atoms with Crippen LogP contribution in [0.1, 0.15) is 29.9 Å². The van der Waals surface area contributed by atoms with E-state index in [-0.39, 0.29) is 17.6 Å². The number of nitrogen functional groups attached to an aromatic ring is 1. The molecule has 0 bridgehead atoms. The summed E-state index contributed by atoms with van der Waals surface area (Å²) in [6.07, 6.45) is 0.0153. The van der Waals surface area contributed by atoms with E-state index in [1.165, 1.54) is 0 Å². The Kier molecular flexibility index (Phi) is 7.05. The van der Waals surface area contributed by atoms with E-state index in [1.54, 1.807) is 13.2 Å². The number of anilines is 1. The molecule has 1 heterocycles. The lowest BCUT2D eigenvalue weighted by atomic mass is 10.2. The standard InChI is InChI=1S/C16H22ClN5O4/c1-9(2)25-13-7-11(17)10(6-12(13)24-3)8-19-4-5-20-16(23)14-15(18)22-26-21-14/h6-7,9,19H,4-5,8H2,1-3H3,(H2,18,22)(H,20,23). The third-order valence-corrected chi connectivity index (χ3v) is 3.68. The summed E-state index contributed by atoms with van der Waals surface area (Å²) < 4.78 is 15.4. The highest BCUT2D eigenvalue weighted by molar-refractivity contribution is 6.31. The first kappa shape index (κ1) is 19.8. The van der Waals surface area contributed by atoms with Gasteiger partial charge in [0.1, 0.15) is 0 Å². The second kappa shape index (κ2) is 9.25. The number of methoxy groups -OCH3 is 1. The van der Waals surface area contributed by atoms with E-state index in [0.717, 1.165) is 5.56 Å². The molecule has 1 amide bonds. The van der Waals surface area contributed by atoms with Crippen LogP contribution in [0.25, 0.3) is 0 Å². The van der Waals surface area contributed by atoms with Crippen LogP contribution in [-0.2, 0) is 6.54 Å². The van der Waals surface area contributed by atoms with Gasteiger partial charge in [0.15, 0.2) is 11.5 Å². The monoisotopic (exact) mass is 383 g/mol. The van der Waals surface area contributed by atoms with Gasteiger partial charge in [-0.2, -0.15) is 0 Å². The molecule has 1 aromatic carbocycles. The second-order valence-electron chi connectivity index (χ2n) is 5.69. The minimum absolute atomic E-state index is 0.0153. The van der Waals surface area contributed by atoms with Crippen molar-refractivity contribution in [3.05, 3.63) is 28.4 Å². The molecule has 0 atom stereocenters. The van der Waals surface area contributed by atoms with Gasteiger partial charge < -0.3 is 25.8 Å². The van der Waals surface area contributed by atoms with Crippen LogP contribution in [0.2, 0.25) is 5.02 Å². The van der Waals surface area contributed by atoms with Crippen LogP contribution in [0.15, 0.2) is 16.8 Å². The highest BCUT2D eigenvalue weighted by Crippen LogP contribution is 2.34. The molecular formula is C16H22ClN5O4. The van der Waals surface area contributed by atoms with Gasteiger partial charge in [-0.05, 0) is 35.8 Å². The van der Waals surface area contributed by atoms with E-state index in [1.807, 2.05) is 19.9 Å². The van der Waals surface area contributed by atoms with Crippen molar-refractivity contribution in [2.75, 3.05) is 25.9 Å². The summed E-state index contributed by atoms with van der Waals surface area (Å²) in [5.41, 5.74) is 6.28. The maximum Gasteiger partial charge on any atom is 0.277 e.